The van der Waals surface area contributed by atoms with Gasteiger partial charge in [0.15, 0.2) is 0 Å². The van der Waals surface area contributed by atoms with Gasteiger partial charge >= 0.3 is 0 Å². The predicted molar refractivity (Wildman–Crippen MR) is 131 cm³/mol. The minimum atomic E-state index is -0.862. The largest absolute Gasteiger partial charge is 0.345 e. The molecule has 0 rings (SSSR count). The van der Waals surface area contributed by atoms with Crippen LogP contribution in [0.15, 0.2) is 0 Å². The summed E-state index contributed by atoms with van der Waals surface area (Å²) in [6.07, 6.45) is 4.35. The van der Waals surface area contributed by atoms with Crippen LogP contribution in [0.25, 0.3) is 0 Å². The fourth-order valence-electron chi connectivity index (χ4n) is 2.53. The van der Waals surface area contributed by atoms with Gasteiger partial charge in [-0.2, -0.15) is 12.6 Å². The summed E-state index contributed by atoms with van der Waals surface area (Å²) in [5, 5.41) is 10.4. The van der Waals surface area contributed by atoms with E-state index in [0.29, 0.717) is 24.5 Å². The Balaban J connectivity index is 4.12. The molecule has 0 heterocycles. The maximum Gasteiger partial charge on any atom is 0.242 e. The Kier molecular flexibility index (Phi) is 16.8. The molecule has 0 aliphatic carbocycles. The average molecular weight is 491 g/mol. The molecule has 0 radical (unpaired) electrons. The molecule has 4 amide bonds. The third-order valence-electron chi connectivity index (χ3n) is 4.50. The molecule has 3 unspecified atom stereocenters. The molecule has 4 N–H and O–H groups in total. The van der Waals surface area contributed by atoms with Gasteiger partial charge in [-0.1, -0.05) is 6.42 Å². The number of rotatable bonds is 17. The summed E-state index contributed by atoms with van der Waals surface area (Å²) >= 11 is 5.62. The lowest BCUT2D eigenvalue weighted by atomic mass is 10.2. The number of nitrogens with one attached hydrogen (secondary N) is 4. The molecule has 0 aromatic heterocycles. The van der Waals surface area contributed by atoms with E-state index >= 15 is 0 Å². The van der Waals surface area contributed by atoms with Crippen molar-refractivity contribution < 1.29 is 24.0 Å². The molecule has 3 atom stereocenters. The van der Waals surface area contributed by atoms with Crippen molar-refractivity contribution in [2.24, 2.45) is 0 Å². The number of hydrogen-bond acceptors (Lipinski definition) is 7. The Labute approximate surface area is 200 Å². The molecule has 0 fully saturated rings. The minimum Gasteiger partial charge on any atom is -0.345 e. The molecule has 0 aromatic rings. The molecule has 11 heteroatoms. The molecule has 0 aliphatic rings. The van der Waals surface area contributed by atoms with Crippen molar-refractivity contribution in [1.82, 2.24) is 21.3 Å². The number of thiol groups is 1. The summed E-state index contributed by atoms with van der Waals surface area (Å²) in [5.74, 6) is 0.558. The minimum absolute atomic E-state index is 0.205. The van der Waals surface area contributed by atoms with E-state index < -0.39 is 29.9 Å². The van der Waals surface area contributed by atoms with Crippen molar-refractivity contribution in [3.8, 4) is 0 Å². The number of ketones is 1. The Bertz CT molecular complexity index is 633. The van der Waals surface area contributed by atoms with Gasteiger partial charge in [0.2, 0.25) is 23.6 Å². The van der Waals surface area contributed by atoms with Crippen LogP contribution in [0.1, 0.15) is 66.2 Å². The van der Waals surface area contributed by atoms with Crippen molar-refractivity contribution in [2.45, 2.75) is 84.3 Å². The van der Waals surface area contributed by atoms with Gasteiger partial charge in [-0.05, 0) is 58.5 Å². The second kappa shape index (κ2) is 17.8. The van der Waals surface area contributed by atoms with Crippen LogP contribution in [0.4, 0.5) is 0 Å². The van der Waals surface area contributed by atoms with Crippen LogP contribution in [-0.2, 0) is 24.0 Å². The van der Waals surface area contributed by atoms with E-state index in [-0.39, 0.29) is 24.0 Å². The number of hydrogen-bond donors (Lipinski definition) is 5. The molecule has 0 saturated heterocycles. The van der Waals surface area contributed by atoms with Crippen LogP contribution < -0.4 is 21.3 Å². The van der Waals surface area contributed by atoms with Crippen LogP contribution in [0.2, 0.25) is 0 Å². The lowest BCUT2D eigenvalue weighted by molar-refractivity contribution is -0.133. The zero-order valence-corrected chi connectivity index (χ0v) is 21.2. The molecule has 0 saturated carbocycles. The SMILES string of the molecule is CC(=O)CCCCCSCNC(=O)C(C)NC(=O)C(C)NC(=O)C(C)NC(=O)CCCS. The molecule has 9 nitrogen and oxygen atoms in total. The van der Waals surface area contributed by atoms with Gasteiger partial charge in [0.1, 0.15) is 23.9 Å². The monoisotopic (exact) mass is 490 g/mol. The van der Waals surface area contributed by atoms with Crippen LogP contribution in [0.5, 0.6) is 0 Å². The molecule has 0 aliphatic heterocycles. The molecule has 184 valence electrons. The highest BCUT2D eigenvalue weighted by Crippen LogP contribution is 2.07. The zero-order valence-electron chi connectivity index (χ0n) is 19.5. The second-order valence-corrected chi connectivity index (χ2v) is 9.24. The lowest BCUT2D eigenvalue weighted by Crippen LogP contribution is -2.54. The summed E-state index contributed by atoms with van der Waals surface area (Å²) in [5.41, 5.74) is 0. The smallest absolute Gasteiger partial charge is 0.242 e. The molecular weight excluding hydrogens is 452 g/mol. The Hall–Kier alpha value is -1.75. The van der Waals surface area contributed by atoms with Crippen molar-refractivity contribution in [3.05, 3.63) is 0 Å². The fraction of sp³-hybridized carbons (Fsp3) is 0.762. The second-order valence-electron chi connectivity index (χ2n) is 7.68. The Morgan fingerprint density at radius 1 is 0.750 bits per heavy atom. The molecular formula is C21H38N4O5S2. The summed E-state index contributed by atoms with van der Waals surface area (Å²) < 4.78 is 0. The fourth-order valence-corrected chi connectivity index (χ4v) is 3.48. The number of amides is 4. The lowest BCUT2D eigenvalue weighted by Gasteiger charge is -2.20. The summed E-state index contributed by atoms with van der Waals surface area (Å²) in [6, 6.07) is -2.40. The van der Waals surface area contributed by atoms with Gasteiger partial charge in [-0.25, -0.2) is 0 Å². The van der Waals surface area contributed by atoms with E-state index in [1.165, 1.54) is 13.8 Å². The number of Topliss-reactive ketones (excluding diaryl/α,β-unsaturated/α-hetero) is 1. The van der Waals surface area contributed by atoms with Crippen LogP contribution >= 0.6 is 24.4 Å². The summed E-state index contributed by atoms with van der Waals surface area (Å²) in [6.45, 7) is 6.20. The molecule has 32 heavy (non-hydrogen) atoms. The van der Waals surface area contributed by atoms with Crippen LogP contribution in [-0.4, -0.2) is 64.9 Å². The Morgan fingerprint density at radius 2 is 1.31 bits per heavy atom. The van der Waals surface area contributed by atoms with Gasteiger partial charge in [-0.15, -0.1) is 11.8 Å². The first-order valence-electron chi connectivity index (χ1n) is 10.9. The molecule has 0 aromatic carbocycles. The first kappa shape index (κ1) is 30.2. The maximum absolute atomic E-state index is 12.3. The Morgan fingerprint density at radius 3 is 1.88 bits per heavy atom. The van der Waals surface area contributed by atoms with E-state index in [4.69, 9.17) is 0 Å². The van der Waals surface area contributed by atoms with E-state index in [2.05, 4.69) is 33.9 Å². The topological polar surface area (TPSA) is 133 Å². The third-order valence-corrected chi connectivity index (χ3v) is 5.74. The quantitative estimate of drug-likeness (QED) is 0.118. The van der Waals surface area contributed by atoms with E-state index in [1.54, 1.807) is 25.6 Å². The van der Waals surface area contributed by atoms with Crippen molar-refractivity contribution in [1.29, 1.82) is 0 Å². The van der Waals surface area contributed by atoms with Gasteiger partial charge in [0.25, 0.3) is 0 Å². The first-order chi connectivity index (χ1) is 15.1. The van der Waals surface area contributed by atoms with Crippen molar-refractivity contribution in [3.63, 3.8) is 0 Å². The first-order valence-corrected chi connectivity index (χ1v) is 12.7. The average Bonchev–Trinajstić information content (AvgIpc) is 2.73. The van der Waals surface area contributed by atoms with Gasteiger partial charge in [-0.3, -0.25) is 19.2 Å². The van der Waals surface area contributed by atoms with Crippen molar-refractivity contribution >= 4 is 53.8 Å². The van der Waals surface area contributed by atoms with Crippen LogP contribution in [0, 0.1) is 0 Å². The number of carbonyl (C=O) groups excluding carboxylic acids is 5. The number of thioether (sulfide) groups is 1. The van der Waals surface area contributed by atoms with E-state index in [9.17, 15) is 24.0 Å². The maximum atomic E-state index is 12.3. The normalized spacial score (nSPS) is 13.4. The summed E-state index contributed by atoms with van der Waals surface area (Å²) in [7, 11) is 0. The summed E-state index contributed by atoms with van der Waals surface area (Å²) in [4.78, 5) is 59.1. The standard InChI is InChI=1S/C21H38N4O5S2/c1-14(26)9-6-5-7-12-32-13-22-19(28)15(2)24-21(30)17(4)25-20(29)16(3)23-18(27)10-8-11-31/h15-17,31H,5-13H2,1-4H3,(H,22,28)(H,23,27)(H,24,30)(H,25,29). The van der Waals surface area contributed by atoms with Gasteiger partial charge in [0.05, 0.1) is 5.88 Å². The van der Waals surface area contributed by atoms with Crippen LogP contribution in [0.3, 0.4) is 0 Å². The zero-order chi connectivity index (χ0) is 24.5. The van der Waals surface area contributed by atoms with Crippen molar-refractivity contribution in [2.75, 3.05) is 17.4 Å². The van der Waals surface area contributed by atoms with Gasteiger partial charge in [0, 0.05) is 12.8 Å². The highest BCUT2D eigenvalue weighted by Gasteiger charge is 2.23. The molecule has 0 bridgehead atoms. The number of unbranched alkanes of at least 4 members (excludes halogenated alkanes) is 2. The van der Waals surface area contributed by atoms with Gasteiger partial charge < -0.3 is 26.1 Å². The van der Waals surface area contributed by atoms with E-state index in [0.717, 1.165) is 25.0 Å². The predicted octanol–water partition coefficient (Wildman–Crippen LogP) is 1.17. The highest BCUT2D eigenvalue weighted by molar-refractivity contribution is 7.99. The highest BCUT2D eigenvalue weighted by atomic mass is 32.2. The molecule has 0 spiro atoms. The van der Waals surface area contributed by atoms with E-state index in [1.807, 2.05) is 0 Å². The third kappa shape index (κ3) is 15.1. The number of carbonyl (C=O) groups is 5.